The highest BCUT2D eigenvalue weighted by Gasteiger charge is 2.10. The molecule has 0 heterocycles. The van der Waals surface area contributed by atoms with Crippen LogP contribution in [0.3, 0.4) is 0 Å². The number of nitrogens with zero attached hydrogens (tertiary/aromatic N) is 1. The third-order valence-corrected chi connectivity index (χ3v) is 3.23. The third kappa shape index (κ3) is 7.82. The predicted octanol–water partition coefficient (Wildman–Crippen LogP) is 2.36. The minimum atomic E-state index is -0.439. The van der Waals surface area contributed by atoms with Crippen molar-refractivity contribution in [1.82, 2.24) is 15.5 Å². The van der Waals surface area contributed by atoms with E-state index in [4.69, 9.17) is 0 Å². The minimum absolute atomic E-state index is 0.172. The molecule has 6 heteroatoms. The fourth-order valence-electron chi connectivity index (χ4n) is 1.71. The molecule has 1 aromatic carbocycles. The van der Waals surface area contributed by atoms with Crippen molar-refractivity contribution in [1.29, 1.82) is 0 Å². The van der Waals surface area contributed by atoms with Gasteiger partial charge in [0.05, 0.1) is 6.54 Å². The molecule has 0 aliphatic rings. The summed E-state index contributed by atoms with van der Waals surface area (Å²) in [5.41, 5.74) is 1.11. The molecule has 1 aromatic rings. The fraction of sp³-hybridized carbons (Fsp3) is 0.467. The first-order chi connectivity index (χ1) is 9.86. The number of hydrogen-bond acceptors (Lipinski definition) is 3. The van der Waals surface area contributed by atoms with E-state index in [0.717, 1.165) is 10.0 Å². The van der Waals surface area contributed by atoms with E-state index in [1.807, 2.05) is 50.1 Å². The number of nitrogens with one attached hydrogen (secondary N) is 2. The molecule has 0 fully saturated rings. The van der Waals surface area contributed by atoms with Gasteiger partial charge in [-0.25, -0.2) is 4.79 Å². The molecule has 0 unspecified atom stereocenters. The van der Waals surface area contributed by atoms with Crippen molar-refractivity contribution >= 4 is 27.9 Å². The normalized spacial score (nSPS) is 10.8. The monoisotopic (exact) mass is 355 g/mol. The maximum Gasteiger partial charge on any atom is 0.321 e. The molecule has 1 rings (SSSR count). The smallest absolute Gasteiger partial charge is 0.321 e. The number of amides is 3. The van der Waals surface area contributed by atoms with Gasteiger partial charge in [0.15, 0.2) is 0 Å². The topological polar surface area (TPSA) is 61.4 Å². The Morgan fingerprint density at radius 1 is 1.24 bits per heavy atom. The summed E-state index contributed by atoms with van der Waals surface area (Å²) in [6, 6.07) is 7.47. The molecule has 2 N–H and O–H groups in total. The van der Waals surface area contributed by atoms with Crippen LogP contribution >= 0.6 is 15.9 Å². The van der Waals surface area contributed by atoms with Gasteiger partial charge in [-0.15, -0.1) is 0 Å². The van der Waals surface area contributed by atoms with Gasteiger partial charge in [-0.05, 0) is 30.7 Å². The summed E-state index contributed by atoms with van der Waals surface area (Å²) >= 11 is 3.38. The number of imide groups is 1. The second-order valence-corrected chi connectivity index (χ2v) is 6.37. The first-order valence-electron chi connectivity index (χ1n) is 6.87. The molecule has 0 aliphatic carbocycles. The Kier molecular flexibility index (Phi) is 7.39. The van der Waals surface area contributed by atoms with Crippen LogP contribution in [0.4, 0.5) is 4.79 Å². The molecule has 21 heavy (non-hydrogen) atoms. The predicted molar refractivity (Wildman–Crippen MR) is 86.9 cm³/mol. The minimum Gasteiger partial charge on any atom is -0.338 e. The van der Waals surface area contributed by atoms with Crippen LogP contribution in [0.2, 0.25) is 0 Å². The number of carbonyl (C=O) groups is 2. The quantitative estimate of drug-likeness (QED) is 0.823. The van der Waals surface area contributed by atoms with E-state index >= 15 is 0 Å². The van der Waals surface area contributed by atoms with Gasteiger partial charge in [0.25, 0.3) is 0 Å². The lowest BCUT2D eigenvalue weighted by Crippen LogP contribution is -2.44. The van der Waals surface area contributed by atoms with E-state index in [1.165, 1.54) is 0 Å². The van der Waals surface area contributed by atoms with E-state index in [1.54, 1.807) is 0 Å². The van der Waals surface area contributed by atoms with Crippen molar-refractivity contribution in [3.05, 3.63) is 34.3 Å². The van der Waals surface area contributed by atoms with Gasteiger partial charge in [0.1, 0.15) is 0 Å². The lowest BCUT2D eigenvalue weighted by Gasteiger charge is -2.16. The number of halogens is 1. The van der Waals surface area contributed by atoms with Gasteiger partial charge >= 0.3 is 6.03 Å². The molecule has 0 atom stereocenters. The van der Waals surface area contributed by atoms with Gasteiger partial charge in [-0.3, -0.25) is 15.0 Å². The molecule has 0 bridgehead atoms. The maximum atomic E-state index is 11.7. The summed E-state index contributed by atoms with van der Waals surface area (Å²) in [5, 5.41) is 4.97. The molecule has 5 nitrogen and oxygen atoms in total. The standard InChI is InChI=1S/C15H22BrN3O2/c1-11(2)8-17-15(21)18-14(20)10-19(3)9-12-4-6-13(16)7-5-12/h4-7,11H,8-10H2,1-3H3,(H2,17,18,20,21). The Bertz CT molecular complexity index is 474. The second-order valence-electron chi connectivity index (χ2n) is 5.45. The average Bonchev–Trinajstić information content (AvgIpc) is 2.38. The van der Waals surface area contributed by atoms with E-state index in [0.29, 0.717) is 19.0 Å². The summed E-state index contributed by atoms with van der Waals surface area (Å²) in [5.74, 6) is 0.0433. The van der Waals surface area contributed by atoms with Crippen molar-refractivity contribution in [3.63, 3.8) is 0 Å². The van der Waals surface area contributed by atoms with Crippen molar-refractivity contribution in [2.75, 3.05) is 20.1 Å². The maximum absolute atomic E-state index is 11.7. The lowest BCUT2D eigenvalue weighted by molar-refractivity contribution is -0.120. The number of rotatable bonds is 6. The molecule has 0 aliphatic heterocycles. The largest absolute Gasteiger partial charge is 0.338 e. The van der Waals surface area contributed by atoms with Crippen molar-refractivity contribution in [2.45, 2.75) is 20.4 Å². The van der Waals surface area contributed by atoms with Crippen LogP contribution in [-0.4, -0.2) is 37.0 Å². The Labute approximate surface area is 134 Å². The first-order valence-corrected chi connectivity index (χ1v) is 7.66. The first kappa shape index (κ1) is 17.7. The average molecular weight is 356 g/mol. The van der Waals surface area contributed by atoms with E-state index in [9.17, 15) is 9.59 Å². The molecule has 0 radical (unpaired) electrons. The molecule has 116 valence electrons. The third-order valence-electron chi connectivity index (χ3n) is 2.70. The highest BCUT2D eigenvalue weighted by Crippen LogP contribution is 2.11. The second kappa shape index (κ2) is 8.79. The van der Waals surface area contributed by atoms with Crippen molar-refractivity contribution in [3.8, 4) is 0 Å². The van der Waals surface area contributed by atoms with Crippen LogP contribution in [0.1, 0.15) is 19.4 Å². The molecule has 0 spiro atoms. The van der Waals surface area contributed by atoms with Crippen LogP contribution in [0.25, 0.3) is 0 Å². The molecular weight excluding hydrogens is 334 g/mol. The molecule has 0 saturated carbocycles. The number of hydrogen-bond donors (Lipinski definition) is 2. The van der Waals surface area contributed by atoms with Crippen molar-refractivity contribution < 1.29 is 9.59 Å². The SMILES string of the molecule is CC(C)CNC(=O)NC(=O)CN(C)Cc1ccc(Br)cc1. The lowest BCUT2D eigenvalue weighted by atomic mass is 10.2. The summed E-state index contributed by atoms with van der Waals surface area (Å²) in [6.45, 7) is 5.36. The van der Waals surface area contributed by atoms with Gasteiger partial charge < -0.3 is 5.32 Å². The highest BCUT2D eigenvalue weighted by atomic mass is 79.9. The molecule has 0 aromatic heterocycles. The zero-order valence-corrected chi connectivity index (χ0v) is 14.2. The molecular formula is C15H22BrN3O2. The van der Waals surface area contributed by atoms with Gasteiger partial charge in [-0.2, -0.15) is 0 Å². The van der Waals surface area contributed by atoms with E-state index in [-0.39, 0.29) is 12.5 Å². The highest BCUT2D eigenvalue weighted by molar-refractivity contribution is 9.10. The molecule has 3 amide bonds. The summed E-state index contributed by atoms with van der Waals surface area (Å²) in [4.78, 5) is 25.1. The van der Waals surface area contributed by atoms with E-state index in [2.05, 4.69) is 26.6 Å². The summed E-state index contributed by atoms with van der Waals surface area (Å²) in [7, 11) is 1.84. The Morgan fingerprint density at radius 3 is 2.43 bits per heavy atom. The Balaban J connectivity index is 2.33. The zero-order chi connectivity index (χ0) is 15.8. The van der Waals surface area contributed by atoms with Gasteiger partial charge in [0, 0.05) is 17.6 Å². The van der Waals surface area contributed by atoms with E-state index < -0.39 is 6.03 Å². The Hall–Kier alpha value is -1.40. The van der Waals surface area contributed by atoms with Crippen molar-refractivity contribution in [2.24, 2.45) is 5.92 Å². The zero-order valence-electron chi connectivity index (χ0n) is 12.6. The van der Waals surface area contributed by atoms with Crippen LogP contribution in [-0.2, 0) is 11.3 Å². The van der Waals surface area contributed by atoms with Crippen LogP contribution in [0, 0.1) is 5.92 Å². The van der Waals surface area contributed by atoms with Crippen LogP contribution < -0.4 is 10.6 Å². The van der Waals surface area contributed by atoms with Gasteiger partial charge in [-0.1, -0.05) is 41.9 Å². The number of benzene rings is 1. The van der Waals surface area contributed by atoms with Crippen LogP contribution in [0.5, 0.6) is 0 Å². The summed E-state index contributed by atoms with van der Waals surface area (Å²) < 4.78 is 1.02. The van der Waals surface area contributed by atoms with Gasteiger partial charge in [0.2, 0.25) is 5.91 Å². The number of urea groups is 1. The molecule has 0 saturated heterocycles. The number of likely N-dealkylation sites (N-methyl/N-ethyl adjacent to an activating group) is 1. The fourth-order valence-corrected chi connectivity index (χ4v) is 1.97. The van der Waals surface area contributed by atoms with Crippen LogP contribution in [0.15, 0.2) is 28.7 Å². The Morgan fingerprint density at radius 2 is 1.86 bits per heavy atom. The summed E-state index contributed by atoms with van der Waals surface area (Å²) in [6.07, 6.45) is 0. The number of carbonyl (C=O) groups excluding carboxylic acids is 2.